The summed E-state index contributed by atoms with van der Waals surface area (Å²) in [6, 6.07) is 0. The largest absolute Gasteiger partial charge is 1.00 e. The van der Waals surface area contributed by atoms with Gasteiger partial charge in [0.25, 0.3) is 0 Å². The van der Waals surface area contributed by atoms with E-state index in [0.717, 1.165) is 0 Å². The van der Waals surface area contributed by atoms with E-state index < -0.39 is 18.5 Å². The summed E-state index contributed by atoms with van der Waals surface area (Å²) in [4.78, 5) is 0. The third-order valence-corrected chi connectivity index (χ3v) is 0.595. The average molecular weight is 190 g/mol. The van der Waals surface area contributed by atoms with Crippen LogP contribution in [0.4, 0.5) is 26.3 Å². The molecule has 11 heavy (non-hydrogen) atoms. The monoisotopic (exact) mass is 190 g/mol. The van der Waals surface area contributed by atoms with Gasteiger partial charge in [0.15, 0.2) is 0 Å². The minimum absolute atomic E-state index is 0. The van der Waals surface area contributed by atoms with E-state index in [9.17, 15) is 31.4 Å². The Hall–Kier alpha value is 0.540. The first-order valence-corrected chi connectivity index (χ1v) is 1.95. The van der Waals surface area contributed by atoms with Crippen molar-refractivity contribution in [3.8, 4) is 0 Å². The van der Waals surface area contributed by atoms with Gasteiger partial charge in [-0.15, -0.1) is 0 Å². The zero-order chi connectivity index (χ0) is 8.58. The van der Waals surface area contributed by atoms with Gasteiger partial charge in [-0.25, -0.2) is 0 Å². The quantitative estimate of drug-likeness (QED) is 0.315. The first-order valence-electron chi connectivity index (χ1n) is 1.95. The van der Waals surface area contributed by atoms with Gasteiger partial charge in [-0.2, -0.15) is 26.3 Å². The molecule has 0 aromatic heterocycles. The van der Waals surface area contributed by atoms with Crippen molar-refractivity contribution >= 4 is 0 Å². The Morgan fingerprint density at radius 3 is 1.00 bits per heavy atom. The van der Waals surface area contributed by atoms with E-state index in [1.165, 1.54) is 0 Å². The van der Waals surface area contributed by atoms with E-state index in [2.05, 4.69) is 0 Å². The molecule has 0 fully saturated rings. The van der Waals surface area contributed by atoms with Crippen LogP contribution in [0, 0.1) is 0 Å². The van der Waals surface area contributed by atoms with Gasteiger partial charge in [0.05, 0.1) is 6.10 Å². The Kier molecular flexibility index (Phi) is 5.09. The zero-order valence-corrected chi connectivity index (χ0v) is 7.25. The van der Waals surface area contributed by atoms with Gasteiger partial charge in [-0.05, 0) is 0 Å². The summed E-state index contributed by atoms with van der Waals surface area (Å²) in [6.45, 7) is 0. The fraction of sp³-hybridized carbons (Fsp3) is 1.00. The molecular formula is C3HF6NaO. The van der Waals surface area contributed by atoms with Crippen molar-refractivity contribution in [1.29, 1.82) is 0 Å². The fourth-order valence-electron chi connectivity index (χ4n) is 0.186. The van der Waals surface area contributed by atoms with Crippen molar-refractivity contribution in [3.05, 3.63) is 0 Å². The molecule has 8 heteroatoms. The van der Waals surface area contributed by atoms with Crippen molar-refractivity contribution < 1.29 is 61.0 Å². The van der Waals surface area contributed by atoms with Crippen LogP contribution in [0.15, 0.2) is 0 Å². The Labute approximate surface area is 79.7 Å². The predicted molar refractivity (Wildman–Crippen MR) is 15.9 cm³/mol. The van der Waals surface area contributed by atoms with Crippen LogP contribution in [0.5, 0.6) is 0 Å². The van der Waals surface area contributed by atoms with Crippen LogP contribution in [-0.2, 0) is 0 Å². The summed E-state index contributed by atoms with van der Waals surface area (Å²) >= 11 is 0. The number of alkyl halides is 6. The summed E-state index contributed by atoms with van der Waals surface area (Å²) in [5.74, 6) is 0. The Morgan fingerprint density at radius 2 is 1.00 bits per heavy atom. The van der Waals surface area contributed by atoms with Crippen LogP contribution < -0.4 is 34.7 Å². The molecule has 0 heterocycles. The molecule has 62 valence electrons. The Bertz CT molecular complexity index is 102. The molecule has 0 aromatic carbocycles. The second-order valence-corrected chi connectivity index (χ2v) is 1.46. The maximum Gasteiger partial charge on any atom is 1.00 e. The molecule has 0 radical (unpaired) electrons. The van der Waals surface area contributed by atoms with Gasteiger partial charge >= 0.3 is 41.9 Å². The number of halogens is 6. The van der Waals surface area contributed by atoms with E-state index in [0.29, 0.717) is 0 Å². The summed E-state index contributed by atoms with van der Waals surface area (Å²) in [7, 11) is 0. The van der Waals surface area contributed by atoms with E-state index in [4.69, 9.17) is 0 Å². The van der Waals surface area contributed by atoms with Crippen molar-refractivity contribution in [2.75, 3.05) is 0 Å². The van der Waals surface area contributed by atoms with Crippen LogP contribution in [0.3, 0.4) is 0 Å². The SMILES string of the molecule is [Na+].[O-]C(C(F)(F)F)C(F)(F)F. The van der Waals surface area contributed by atoms with Crippen molar-refractivity contribution in [2.24, 2.45) is 0 Å². The molecular weight excluding hydrogens is 189 g/mol. The van der Waals surface area contributed by atoms with Gasteiger partial charge in [0.1, 0.15) is 0 Å². The maximum atomic E-state index is 10.9. The minimum atomic E-state index is -5.74. The van der Waals surface area contributed by atoms with Crippen LogP contribution >= 0.6 is 0 Å². The molecule has 0 saturated carbocycles. The van der Waals surface area contributed by atoms with Crippen LogP contribution in [-0.4, -0.2) is 18.5 Å². The van der Waals surface area contributed by atoms with Gasteiger partial charge in [-0.3, -0.25) is 0 Å². The molecule has 0 amide bonds. The molecule has 0 atom stereocenters. The molecule has 0 aliphatic heterocycles. The minimum Gasteiger partial charge on any atom is -0.839 e. The summed E-state index contributed by atoms with van der Waals surface area (Å²) in [6.07, 6.45) is -16.0. The van der Waals surface area contributed by atoms with Crippen molar-refractivity contribution in [1.82, 2.24) is 0 Å². The summed E-state index contributed by atoms with van der Waals surface area (Å²) < 4.78 is 65.5. The molecule has 0 saturated heterocycles. The third-order valence-electron chi connectivity index (χ3n) is 0.595. The number of hydrogen-bond donors (Lipinski definition) is 0. The first kappa shape index (κ1) is 14.1. The fourth-order valence-corrected chi connectivity index (χ4v) is 0.186. The van der Waals surface area contributed by atoms with E-state index in [1.54, 1.807) is 0 Å². The van der Waals surface area contributed by atoms with Crippen molar-refractivity contribution in [3.63, 3.8) is 0 Å². The van der Waals surface area contributed by atoms with E-state index in [1.807, 2.05) is 0 Å². The van der Waals surface area contributed by atoms with Gasteiger partial charge in [0, 0.05) is 0 Å². The molecule has 0 unspecified atom stereocenters. The van der Waals surface area contributed by atoms with Crippen LogP contribution in [0.25, 0.3) is 0 Å². The zero-order valence-electron chi connectivity index (χ0n) is 5.25. The van der Waals surface area contributed by atoms with Crippen LogP contribution in [0.1, 0.15) is 0 Å². The Morgan fingerprint density at radius 1 is 0.818 bits per heavy atom. The number of hydrogen-bond acceptors (Lipinski definition) is 1. The smallest absolute Gasteiger partial charge is 0.839 e. The topological polar surface area (TPSA) is 23.1 Å². The summed E-state index contributed by atoms with van der Waals surface area (Å²) in [5, 5.41) is 9.32. The van der Waals surface area contributed by atoms with E-state index >= 15 is 0 Å². The number of rotatable bonds is 0. The van der Waals surface area contributed by atoms with Crippen LogP contribution in [0.2, 0.25) is 0 Å². The molecule has 0 aliphatic rings. The molecule has 0 rings (SSSR count). The molecule has 1 nitrogen and oxygen atoms in total. The molecule has 0 N–H and O–H groups in total. The predicted octanol–water partition coefficient (Wildman–Crippen LogP) is -2.16. The third kappa shape index (κ3) is 4.89. The average Bonchev–Trinajstić information content (AvgIpc) is 1.59. The second-order valence-electron chi connectivity index (χ2n) is 1.46. The Balaban J connectivity index is 0. The second kappa shape index (κ2) is 3.97. The van der Waals surface area contributed by atoms with E-state index in [-0.39, 0.29) is 29.6 Å². The standard InChI is InChI=1S/C3HF6O.Na/c4-2(5,6)1(10)3(7,8)9;/h1H;/q-1;+1. The molecule has 0 spiro atoms. The van der Waals surface area contributed by atoms with Crippen molar-refractivity contribution in [2.45, 2.75) is 18.5 Å². The van der Waals surface area contributed by atoms with Gasteiger partial charge in [-0.1, -0.05) is 0 Å². The molecule has 0 bridgehead atoms. The first-order chi connectivity index (χ1) is 4.15. The molecule has 0 aliphatic carbocycles. The summed E-state index contributed by atoms with van der Waals surface area (Å²) in [5.41, 5.74) is 0. The maximum absolute atomic E-state index is 10.9. The molecule has 0 aromatic rings. The van der Waals surface area contributed by atoms with Gasteiger partial charge < -0.3 is 5.11 Å². The normalized spacial score (nSPS) is 13.1. The van der Waals surface area contributed by atoms with Gasteiger partial charge in [0.2, 0.25) is 0 Å².